The molecule has 1 aromatic carbocycles. The van der Waals surface area contributed by atoms with Gasteiger partial charge in [0.05, 0.1) is 18.3 Å². The minimum Gasteiger partial charge on any atom is -0.374 e. The lowest BCUT2D eigenvalue weighted by Gasteiger charge is -2.30. The SMILES string of the molecule is C[C@H](CC(=O)NC[C@H]1CN(C)CCO1)c1ccc(C(F)(F)F)cc1. The number of nitrogens with zero attached hydrogens (tertiary/aromatic N) is 1. The van der Waals surface area contributed by atoms with Crippen LogP contribution in [0, 0.1) is 0 Å². The quantitative estimate of drug-likeness (QED) is 0.893. The fourth-order valence-electron chi connectivity index (χ4n) is 2.69. The summed E-state index contributed by atoms with van der Waals surface area (Å²) >= 11 is 0. The van der Waals surface area contributed by atoms with Gasteiger partial charge in [-0.2, -0.15) is 13.2 Å². The summed E-state index contributed by atoms with van der Waals surface area (Å²) in [5.74, 6) is -0.276. The highest BCUT2D eigenvalue weighted by molar-refractivity contribution is 5.76. The smallest absolute Gasteiger partial charge is 0.374 e. The molecule has 0 bridgehead atoms. The minimum atomic E-state index is -4.34. The van der Waals surface area contributed by atoms with Crippen molar-refractivity contribution >= 4 is 5.91 Å². The Bertz CT molecular complexity index is 546. The molecule has 1 amide bonds. The summed E-state index contributed by atoms with van der Waals surface area (Å²) in [6.45, 7) is 4.58. The summed E-state index contributed by atoms with van der Waals surface area (Å²) in [5.41, 5.74) is 0.0354. The van der Waals surface area contributed by atoms with Crippen LogP contribution in [-0.4, -0.2) is 50.2 Å². The summed E-state index contributed by atoms with van der Waals surface area (Å²) in [7, 11) is 2.00. The van der Waals surface area contributed by atoms with Crippen LogP contribution in [0.25, 0.3) is 0 Å². The van der Waals surface area contributed by atoms with Gasteiger partial charge in [0.2, 0.25) is 5.91 Å². The molecule has 1 N–H and O–H groups in total. The average Bonchev–Trinajstić information content (AvgIpc) is 2.52. The number of halogens is 3. The molecule has 0 aromatic heterocycles. The molecule has 24 heavy (non-hydrogen) atoms. The largest absolute Gasteiger partial charge is 0.416 e. The first kappa shape index (κ1) is 18.7. The van der Waals surface area contributed by atoms with Gasteiger partial charge in [0, 0.05) is 26.1 Å². The molecular weight excluding hydrogens is 321 g/mol. The van der Waals surface area contributed by atoms with Crippen LogP contribution in [0.4, 0.5) is 13.2 Å². The number of rotatable bonds is 5. The summed E-state index contributed by atoms with van der Waals surface area (Å²) in [4.78, 5) is 14.2. The van der Waals surface area contributed by atoms with E-state index in [1.165, 1.54) is 12.1 Å². The van der Waals surface area contributed by atoms with Crippen molar-refractivity contribution in [3.63, 3.8) is 0 Å². The molecule has 4 nitrogen and oxygen atoms in total. The van der Waals surface area contributed by atoms with Crippen LogP contribution >= 0.6 is 0 Å². The number of carbonyl (C=O) groups is 1. The molecule has 0 radical (unpaired) electrons. The molecular formula is C17H23F3N2O2. The second kappa shape index (κ2) is 7.98. The predicted octanol–water partition coefficient (Wildman–Crippen LogP) is 2.65. The summed E-state index contributed by atoms with van der Waals surface area (Å²) in [5, 5.41) is 2.84. The van der Waals surface area contributed by atoms with Gasteiger partial charge >= 0.3 is 6.18 Å². The molecule has 134 valence electrons. The Balaban J connectivity index is 1.80. The van der Waals surface area contributed by atoms with Crippen LogP contribution in [-0.2, 0) is 15.7 Å². The number of nitrogens with one attached hydrogen (secondary N) is 1. The molecule has 0 spiro atoms. The number of alkyl halides is 3. The molecule has 1 heterocycles. The zero-order chi connectivity index (χ0) is 17.7. The zero-order valence-corrected chi connectivity index (χ0v) is 13.9. The van der Waals surface area contributed by atoms with Crippen LogP contribution in [0.3, 0.4) is 0 Å². The third-order valence-electron chi connectivity index (χ3n) is 4.17. The minimum absolute atomic E-state index is 0.0194. The number of ether oxygens (including phenoxy) is 1. The van der Waals surface area contributed by atoms with Crippen LogP contribution in [0.1, 0.15) is 30.4 Å². The van der Waals surface area contributed by atoms with E-state index in [1.807, 2.05) is 14.0 Å². The molecule has 0 unspecified atom stereocenters. The second-order valence-electron chi connectivity index (χ2n) is 6.28. The van der Waals surface area contributed by atoms with Gasteiger partial charge in [-0.15, -0.1) is 0 Å². The normalized spacial score (nSPS) is 20.6. The maximum absolute atomic E-state index is 12.6. The number of amides is 1. The molecule has 2 rings (SSSR count). The lowest BCUT2D eigenvalue weighted by atomic mass is 9.96. The number of carbonyl (C=O) groups excluding carboxylic acids is 1. The first-order valence-electron chi connectivity index (χ1n) is 7.99. The predicted molar refractivity (Wildman–Crippen MR) is 84.7 cm³/mol. The molecule has 2 atom stereocenters. The van der Waals surface area contributed by atoms with Crippen molar-refractivity contribution < 1.29 is 22.7 Å². The fourth-order valence-corrected chi connectivity index (χ4v) is 2.69. The van der Waals surface area contributed by atoms with Gasteiger partial charge in [0.1, 0.15) is 0 Å². The average molecular weight is 344 g/mol. The maximum atomic E-state index is 12.6. The number of morpholine rings is 1. The number of likely N-dealkylation sites (N-methyl/N-ethyl adjacent to an activating group) is 1. The van der Waals surface area contributed by atoms with E-state index in [0.29, 0.717) is 18.7 Å². The molecule has 1 aliphatic heterocycles. The molecule has 0 aliphatic carbocycles. The second-order valence-corrected chi connectivity index (χ2v) is 6.28. The van der Waals surface area contributed by atoms with E-state index >= 15 is 0 Å². The lowest BCUT2D eigenvalue weighted by Crippen LogP contribution is -2.46. The van der Waals surface area contributed by atoms with Gasteiger partial charge in [-0.25, -0.2) is 0 Å². The van der Waals surface area contributed by atoms with E-state index in [1.54, 1.807) is 0 Å². The van der Waals surface area contributed by atoms with Crippen LogP contribution in [0.2, 0.25) is 0 Å². The van der Waals surface area contributed by atoms with E-state index in [-0.39, 0.29) is 24.3 Å². The summed E-state index contributed by atoms with van der Waals surface area (Å²) in [6.07, 6.45) is -4.13. The van der Waals surface area contributed by atoms with Crippen molar-refractivity contribution in [2.45, 2.75) is 31.5 Å². The maximum Gasteiger partial charge on any atom is 0.416 e. The Morgan fingerprint density at radius 2 is 2.04 bits per heavy atom. The Kier molecular flexibility index (Phi) is 6.23. The molecule has 1 aromatic rings. The van der Waals surface area contributed by atoms with E-state index < -0.39 is 11.7 Å². The number of hydrogen-bond acceptors (Lipinski definition) is 3. The highest BCUT2D eigenvalue weighted by Gasteiger charge is 2.30. The van der Waals surface area contributed by atoms with Crippen LogP contribution in [0.15, 0.2) is 24.3 Å². The van der Waals surface area contributed by atoms with Crippen molar-refractivity contribution in [1.82, 2.24) is 10.2 Å². The monoisotopic (exact) mass is 344 g/mol. The van der Waals surface area contributed by atoms with E-state index in [0.717, 1.165) is 25.2 Å². The Hall–Kier alpha value is -1.60. The van der Waals surface area contributed by atoms with E-state index in [4.69, 9.17) is 4.74 Å². The van der Waals surface area contributed by atoms with Crippen molar-refractivity contribution in [1.29, 1.82) is 0 Å². The van der Waals surface area contributed by atoms with Crippen molar-refractivity contribution in [3.05, 3.63) is 35.4 Å². The van der Waals surface area contributed by atoms with Gasteiger partial charge in [0.15, 0.2) is 0 Å². The standard InChI is InChI=1S/C17H23F3N2O2/c1-12(13-3-5-14(6-4-13)17(18,19)20)9-16(23)21-10-15-11-22(2)7-8-24-15/h3-6,12,15H,7-11H2,1-2H3,(H,21,23)/t12-,15+/m1/s1. The van der Waals surface area contributed by atoms with Gasteiger partial charge in [-0.1, -0.05) is 19.1 Å². The summed E-state index contributed by atoms with van der Waals surface area (Å²) in [6, 6.07) is 4.96. The number of benzene rings is 1. The Morgan fingerprint density at radius 3 is 2.62 bits per heavy atom. The van der Waals surface area contributed by atoms with Gasteiger partial charge in [-0.05, 0) is 30.7 Å². The molecule has 1 saturated heterocycles. The van der Waals surface area contributed by atoms with E-state index in [9.17, 15) is 18.0 Å². The van der Waals surface area contributed by atoms with Crippen molar-refractivity contribution in [3.8, 4) is 0 Å². The van der Waals surface area contributed by atoms with Crippen LogP contribution in [0.5, 0.6) is 0 Å². The lowest BCUT2D eigenvalue weighted by molar-refractivity contribution is -0.137. The third kappa shape index (κ3) is 5.49. The highest BCUT2D eigenvalue weighted by Crippen LogP contribution is 2.30. The molecule has 7 heteroatoms. The third-order valence-corrected chi connectivity index (χ3v) is 4.17. The Morgan fingerprint density at radius 1 is 1.38 bits per heavy atom. The van der Waals surface area contributed by atoms with Gasteiger partial charge < -0.3 is 15.0 Å². The molecule has 1 fully saturated rings. The Labute approximate surface area is 140 Å². The zero-order valence-electron chi connectivity index (χ0n) is 13.9. The first-order chi connectivity index (χ1) is 11.3. The highest BCUT2D eigenvalue weighted by atomic mass is 19.4. The molecule has 0 saturated carbocycles. The van der Waals surface area contributed by atoms with E-state index in [2.05, 4.69) is 10.2 Å². The van der Waals surface area contributed by atoms with Crippen molar-refractivity contribution in [2.24, 2.45) is 0 Å². The van der Waals surface area contributed by atoms with Gasteiger partial charge in [0.25, 0.3) is 0 Å². The topological polar surface area (TPSA) is 41.6 Å². The van der Waals surface area contributed by atoms with Crippen LogP contribution < -0.4 is 5.32 Å². The first-order valence-corrected chi connectivity index (χ1v) is 7.99. The number of hydrogen-bond donors (Lipinski definition) is 1. The van der Waals surface area contributed by atoms with Crippen molar-refractivity contribution in [2.75, 3.05) is 33.3 Å². The molecule has 1 aliphatic rings. The fraction of sp³-hybridized carbons (Fsp3) is 0.588. The summed E-state index contributed by atoms with van der Waals surface area (Å²) < 4.78 is 43.2. The van der Waals surface area contributed by atoms with Gasteiger partial charge in [-0.3, -0.25) is 4.79 Å².